The second-order valence-electron chi connectivity index (χ2n) is 0.704. The predicted octanol–water partition coefficient (Wildman–Crippen LogP) is -0.224. The first-order valence-electron chi connectivity index (χ1n) is 1.79. The molecule has 0 aliphatic carbocycles. The van der Waals surface area contributed by atoms with E-state index in [1.54, 1.807) is 6.07 Å². The van der Waals surface area contributed by atoms with Crippen molar-refractivity contribution in [2.75, 3.05) is 0 Å². The van der Waals surface area contributed by atoms with Crippen LogP contribution in [-0.2, 0) is 22.4 Å². The molecular weight excluding hydrogens is 232 g/mol. The van der Waals surface area contributed by atoms with Crippen molar-refractivity contribution in [3.63, 3.8) is 0 Å². The van der Waals surface area contributed by atoms with E-state index in [4.69, 9.17) is 20.6 Å². The molecule has 0 atom stereocenters. The molecule has 0 saturated carbocycles. The fourth-order valence-corrected chi connectivity index (χ4v) is 0.0408. The molecule has 10 heavy (non-hydrogen) atoms. The van der Waals surface area contributed by atoms with Crippen molar-refractivity contribution in [1.82, 2.24) is 5.43 Å². The van der Waals surface area contributed by atoms with E-state index < -0.39 is 5.03 Å². The number of nitriles is 2. The van der Waals surface area contributed by atoms with Gasteiger partial charge in [-0.3, -0.25) is 0 Å². The van der Waals surface area contributed by atoms with Crippen molar-refractivity contribution < 1.29 is 27.4 Å². The summed E-state index contributed by atoms with van der Waals surface area (Å²) in [5, 5.41) is 22.9. The third-order valence-corrected chi connectivity index (χ3v) is 0.141. The van der Waals surface area contributed by atoms with Gasteiger partial charge in [0.15, 0.2) is 5.03 Å². The van der Waals surface area contributed by atoms with E-state index in [-0.39, 0.29) is 22.4 Å². The molecule has 0 saturated heterocycles. The molecular formula is C3H4AgN4O2+. The van der Waals surface area contributed by atoms with Crippen LogP contribution in [0.25, 0.3) is 0 Å². The predicted molar refractivity (Wildman–Crippen MR) is 27.0 cm³/mol. The second kappa shape index (κ2) is 15.7. The Kier molecular flexibility index (Phi) is 25.0. The van der Waals surface area contributed by atoms with Crippen LogP contribution in [0.5, 0.6) is 0 Å². The SMILES string of the molecule is CC#N.N#CN[N+](=O)[O-].[Ag+]. The average molecular weight is 236 g/mol. The molecule has 0 radical (unpaired) electrons. The number of hydrogen-bond donors (Lipinski definition) is 1. The number of hydrogen-bond acceptors (Lipinski definition) is 4. The first kappa shape index (κ1) is 16.0. The minimum Gasteiger partial charge on any atom is -0.234 e. The van der Waals surface area contributed by atoms with Gasteiger partial charge in [0.2, 0.25) is 6.19 Å². The van der Waals surface area contributed by atoms with E-state index in [9.17, 15) is 0 Å². The molecule has 0 aromatic heterocycles. The first-order chi connectivity index (χ1) is 4.18. The summed E-state index contributed by atoms with van der Waals surface area (Å²) in [4.78, 5) is 9.07. The van der Waals surface area contributed by atoms with Gasteiger partial charge in [-0.1, -0.05) is 0 Å². The van der Waals surface area contributed by atoms with Crippen molar-refractivity contribution in [1.29, 1.82) is 10.5 Å². The Morgan fingerprint density at radius 2 is 1.90 bits per heavy atom. The van der Waals surface area contributed by atoms with Gasteiger partial charge in [0.1, 0.15) is 0 Å². The molecule has 0 aliphatic heterocycles. The van der Waals surface area contributed by atoms with E-state index in [2.05, 4.69) is 0 Å². The van der Waals surface area contributed by atoms with Crippen LogP contribution in [0.15, 0.2) is 0 Å². The summed E-state index contributed by atoms with van der Waals surface area (Å²) in [5.74, 6) is 0. The van der Waals surface area contributed by atoms with Gasteiger partial charge in [0, 0.05) is 6.92 Å². The van der Waals surface area contributed by atoms with Gasteiger partial charge >= 0.3 is 22.4 Å². The maximum Gasteiger partial charge on any atom is 1.00 e. The summed E-state index contributed by atoms with van der Waals surface area (Å²) in [6.07, 6.45) is 1.12. The molecule has 6 nitrogen and oxygen atoms in total. The first-order valence-corrected chi connectivity index (χ1v) is 1.79. The standard InChI is InChI=1S/C2H3N.CHN3O2.Ag/c1-2-3;2-1-3-4(5)6;/h1H3;3H;/q;;+1. The Balaban J connectivity index is -0.000000107. The number of nitrogens with zero attached hydrogens (tertiary/aromatic N) is 3. The summed E-state index contributed by atoms with van der Waals surface area (Å²) >= 11 is 0. The molecule has 0 spiro atoms. The molecule has 0 aromatic rings. The fourth-order valence-electron chi connectivity index (χ4n) is 0.0408. The summed E-state index contributed by atoms with van der Waals surface area (Å²) in [7, 11) is 0. The molecule has 0 fully saturated rings. The Hall–Kier alpha value is -1.08. The van der Waals surface area contributed by atoms with Gasteiger partial charge in [0.25, 0.3) is 0 Å². The van der Waals surface area contributed by atoms with Crippen LogP contribution in [-0.4, -0.2) is 5.03 Å². The van der Waals surface area contributed by atoms with Crippen LogP contribution in [0.2, 0.25) is 0 Å². The maximum absolute atomic E-state index is 9.07. The number of rotatable bonds is 1. The molecule has 0 heterocycles. The number of nitrogens with one attached hydrogen (secondary N) is 1. The normalized spacial score (nSPS) is 4.30. The van der Waals surface area contributed by atoms with Crippen LogP contribution in [0, 0.1) is 32.9 Å². The smallest absolute Gasteiger partial charge is 0.234 e. The molecule has 0 rings (SSSR count). The molecule has 0 bridgehead atoms. The van der Waals surface area contributed by atoms with Gasteiger partial charge in [-0.15, -0.1) is 0 Å². The topological polar surface area (TPSA) is 103 Å². The van der Waals surface area contributed by atoms with Crippen molar-refractivity contribution in [3.8, 4) is 12.3 Å². The van der Waals surface area contributed by atoms with Crippen molar-refractivity contribution in [2.24, 2.45) is 0 Å². The van der Waals surface area contributed by atoms with Gasteiger partial charge < -0.3 is 0 Å². The number of hydrazine groups is 1. The summed E-state index contributed by atoms with van der Waals surface area (Å²) in [6, 6.07) is 1.75. The zero-order valence-electron chi connectivity index (χ0n) is 4.96. The Morgan fingerprint density at radius 3 is 1.90 bits per heavy atom. The van der Waals surface area contributed by atoms with E-state index in [0.717, 1.165) is 6.19 Å². The minimum atomic E-state index is -0.931. The van der Waals surface area contributed by atoms with E-state index in [1.165, 1.54) is 12.3 Å². The molecule has 0 unspecified atom stereocenters. The summed E-state index contributed by atoms with van der Waals surface area (Å²) in [6.45, 7) is 1.43. The average Bonchev–Trinajstić information content (AvgIpc) is 1.67. The largest absolute Gasteiger partial charge is 1.00 e. The van der Waals surface area contributed by atoms with Crippen LogP contribution in [0.1, 0.15) is 6.92 Å². The van der Waals surface area contributed by atoms with Crippen LogP contribution in [0.3, 0.4) is 0 Å². The quantitative estimate of drug-likeness (QED) is 0.223. The summed E-state index contributed by atoms with van der Waals surface area (Å²) < 4.78 is 0. The third kappa shape index (κ3) is 65.8. The zero-order chi connectivity index (χ0) is 7.70. The summed E-state index contributed by atoms with van der Waals surface area (Å²) in [5.41, 5.74) is 1.24. The van der Waals surface area contributed by atoms with Crippen LogP contribution >= 0.6 is 0 Å². The van der Waals surface area contributed by atoms with E-state index in [0.29, 0.717) is 0 Å². The van der Waals surface area contributed by atoms with E-state index >= 15 is 0 Å². The Labute approximate surface area is 73.1 Å². The van der Waals surface area contributed by atoms with Crippen molar-refractivity contribution in [2.45, 2.75) is 6.92 Å². The Morgan fingerprint density at radius 1 is 1.60 bits per heavy atom. The van der Waals surface area contributed by atoms with Gasteiger partial charge in [-0.2, -0.15) is 10.5 Å². The van der Waals surface area contributed by atoms with E-state index in [1.807, 2.05) is 0 Å². The van der Waals surface area contributed by atoms with Gasteiger partial charge in [0.05, 0.1) is 6.07 Å². The molecule has 7 heteroatoms. The zero-order valence-corrected chi connectivity index (χ0v) is 6.44. The Bertz CT molecular complexity index is 157. The molecule has 0 aromatic carbocycles. The van der Waals surface area contributed by atoms with Crippen LogP contribution in [0.4, 0.5) is 0 Å². The second-order valence-corrected chi connectivity index (χ2v) is 0.704. The van der Waals surface area contributed by atoms with Gasteiger partial charge in [-0.25, -0.2) is 10.1 Å². The van der Waals surface area contributed by atoms with Crippen molar-refractivity contribution >= 4 is 0 Å². The maximum atomic E-state index is 9.07. The molecule has 58 valence electrons. The molecule has 0 amide bonds. The number of nitro groups is 1. The van der Waals surface area contributed by atoms with Crippen molar-refractivity contribution in [3.05, 3.63) is 10.1 Å². The molecule has 1 N–H and O–H groups in total. The third-order valence-electron chi connectivity index (χ3n) is 0.141. The molecule has 0 aliphatic rings. The minimum absolute atomic E-state index is 0. The van der Waals surface area contributed by atoms with Gasteiger partial charge in [-0.05, 0) is 5.43 Å². The monoisotopic (exact) mass is 235 g/mol. The van der Waals surface area contributed by atoms with Crippen LogP contribution < -0.4 is 5.43 Å². The fraction of sp³-hybridized carbons (Fsp3) is 0.333.